The van der Waals surface area contributed by atoms with Crippen LogP contribution in [0.3, 0.4) is 0 Å². The number of aryl methyl sites for hydroxylation is 1. The molecule has 0 spiro atoms. The first kappa shape index (κ1) is 15.7. The molecule has 0 radical (unpaired) electrons. The zero-order chi connectivity index (χ0) is 16.4. The molecular weight excluding hydrogens is 304 g/mol. The number of ether oxygens (including phenoxy) is 2. The van der Waals surface area contributed by atoms with Gasteiger partial charge in [-0.25, -0.2) is 0 Å². The zero-order valence-corrected chi connectivity index (χ0v) is 14.0. The minimum Gasteiger partial charge on any atom is -0.373 e. The van der Waals surface area contributed by atoms with Crippen LogP contribution < -0.4 is 0 Å². The average Bonchev–Trinajstić information content (AvgIpc) is 3.21. The van der Waals surface area contributed by atoms with E-state index in [1.807, 2.05) is 30.2 Å². The highest BCUT2D eigenvalue weighted by Crippen LogP contribution is 2.33. The monoisotopic (exact) mass is 328 g/mol. The summed E-state index contributed by atoms with van der Waals surface area (Å²) in [5.74, 6) is 0. The van der Waals surface area contributed by atoms with Crippen molar-refractivity contribution in [2.24, 2.45) is 7.05 Å². The molecule has 2 aromatic rings. The number of aromatic nitrogens is 3. The summed E-state index contributed by atoms with van der Waals surface area (Å²) in [6.07, 6.45) is 10.2. The van der Waals surface area contributed by atoms with Gasteiger partial charge in [0.2, 0.25) is 0 Å². The predicted molar refractivity (Wildman–Crippen MR) is 89.2 cm³/mol. The van der Waals surface area contributed by atoms with Crippen molar-refractivity contribution in [3.8, 4) is 0 Å². The largest absolute Gasteiger partial charge is 0.373 e. The Bertz CT molecular complexity index is 660. The van der Waals surface area contributed by atoms with Crippen LogP contribution in [0.1, 0.15) is 24.0 Å². The van der Waals surface area contributed by atoms with Crippen LogP contribution >= 0.6 is 0 Å². The van der Waals surface area contributed by atoms with Crippen LogP contribution in [-0.2, 0) is 29.7 Å². The number of morpholine rings is 1. The van der Waals surface area contributed by atoms with Crippen molar-refractivity contribution >= 4 is 0 Å². The van der Waals surface area contributed by atoms with Crippen molar-refractivity contribution in [1.82, 2.24) is 19.7 Å². The third-order valence-corrected chi connectivity index (χ3v) is 4.98. The second-order valence-electron chi connectivity index (χ2n) is 6.68. The highest BCUT2D eigenvalue weighted by atomic mass is 16.5. The SMILES string of the molecule is Cn1cc(CN2CCO[C@@H]3[C@H]2CC[C@H]3OCc2cccnc2)cn1. The molecule has 4 rings (SSSR count). The summed E-state index contributed by atoms with van der Waals surface area (Å²) in [5.41, 5.74) is 2.38. The lowest BCUT2D eigenvalue weighted by Crippen LogP contribution is -2.51. The summed E-state index contributed by atoms with van der Waals surface area (Å²) >= 11 is 0. The lowest BCUT2D eigenvalue weighted by atomic mass is 10.1. The van der Waals surface area contributed by atoms with Gasteiger partial charge in [0.05, 0.1) is 31.6 Å². The van der Waals surface area contributed by atoms with Gasteiger partial charge in [0.1, 0.15) is 0 Å². The molecule has 3 heterocycles. The van der Waals surface area contributed by atoms with E-state index in [0.717, 1.165) is 38.1 Å². The molecule has 1 saturated heterocycles. The highest BCUT2D eigenvalue weighted by Gasteiger charge is 2.43. The van der Waals surface area contributed by atoms with Crippen molar-refractivity contribution in [1.29, 1.82) is 0 Å². The number of pyridine rings is 1. The molecule has 1 aliphatic heterocycles. The minimum absolute atomic E-state index is 0.173. The van der Waals surface area contributed by atoms with Gasteiger partial charge in [0.25, 0.3) is 0 Å². The molecule has 2 fully saturated rings. The molecule has 6 nitrogen and oxygen atoms in total. The Balaban J connectivity index is 1.37. The summed E-state index contributed by atoms with van der Waals surface area (Å²) < 4.78 is 14.1. The first-order chi connectivity index (χ1) is 11.8. The lowest BCUT2D eigenvalue weighted by molar-refractivity contribution is -0.118. The van der Waals surface area contributed by atoms with E-state index < -0.39 is 0 Å². The van der Waals surface area contributed by atoms with Gasteiger partial charge in [0.15, 0.2) is 0 Å². The van der Waals surface area contributed by atoms with Crippen LogP contribution in [0.15, 0.2) is 36.9 Å². The van der Waals surface area contributed by atoms with Gasteiger partial charge < -0.3 is 9.47 Å². The second-order valence-corrected chi connectivity index (χ2v) is 6.68. The molecule has 1 saturated carbocycles. The van der Waals surface area contributed by atoms with Crippen LogP contribution in [-0.4, -0.2) is 51.1 Å². The topological polar surface area (TPSA) is 52.4 Å². The number of nitrogens with zero attached hydrogens (tertiary/aromatic N) is 4. The average molecular weight is 328 g/mol. The number of hydrogen-bond acceptors (Lipinski definition) is 5. The van der Waals surface area contributed by atoms with Gasteiger partial charge in [-0.1, -0.05) is 6.07 Å². The first-order valence-electron chi connectivity index (χ1n) is 8.63. The zero-order valence-electron chi connectivity index (χ0n) is 14.0. The molecular formula is C18H24N4O2. The summed E-state index contributed by atoms with van der Waals surface area (Å²) in [6, 6.07) is 4.44. The van der Waals surface area contributed by atoms with Crippen molar-refractivity contribution in [3.63, 3.8) is 0 Å². The minimum atomic E-state index is 0.173. The van der Waals surface area contributed by atoms with E-state index in [9.17, 15) is 0 Å². The summed E-state index contributed by atoms with van der Waals surface area (Å²) in [7, 11) is 1.96. The van der Waals surface area contributed by atoms with Crippen molar-refractivity contribution < 1.29 is 9.47 Å². The quantitative estimate of drug-likeness (QED) is 0.837. The maximum Gasteiger partial charge on any atom is 0.0992 e. The van der Waals surface area contributed by atoms with Gasteiger partial charge in [-0.15, -0.1) is 0 Å². The van der Waals surface area contributed by atoms with Gasteiger partial charge in [-0.2, -0.15) is 5.10 Å². The standard InChI is InChI=1S/C18H24N4O2/c1-21-11-15(10-20-21)12-22-7-8-23-18-16(22)4-5-17(18)24-13-14-3-2-6-19-9-14/h2-3,6,9-11,16-18H,4-5,7-8,12-13H2,1H3/t16-,17-,18-/m1/s1. The fraction of sp³-hybridized carbons (Fsp3) is 0.556. The van der Waals surface area contributed by atoms with E-state index in [1.54, 1.807) is 6.20 Å². The van der Waals surface area contributed by atoms with Crippen molar-refractivity contribution in [2.45, 2.75) is 44.2 Å². The van der Waals surface area contributed by atoms with Crippen LogP contribution in [0.4, 0.5) is 0 Å². The Kier molecular flexibility index (Phi) is 4.60. The fourth-order valence-corrected chi connectivity index (χ4v) is 3.84. The summed E-state index contributed by atoms with van der Waals surface area (Å²) in [5, 5.41) is 4.27. The van der Waals surface area contributed by atoms with Crippen molar-refractivity contribution in [3.05, 3.63) is 48.0 Å². The summed E-state index contributed by atoms with van der Waals surface area (Å²) in [6.45, 7) is 3.29. The van der Waals surface area contributed by atoms with Crippen molar-refractivity contribution in [2.75, 3.05) is 13.2 Å². The molecule has 0 bridgehead atoms. The first-order valence-corrected chi connectivity index (χ1v) is 8.63. The Morgan fingerprint density at radius 1 is 1.29 bits per heavy atom. The van der Waals surface area contributed by atoms with Crippen LogP contribution in [0.25, 0.3) is 0 Å². The molecule has 1 aliphatic carbocycles. The molecule has 0 N–H and O–H groups in total. The van der Waals surface area contributed by atoms with Crippen LogP contribution in [0.5, 0.6) is 0 Å². The number of rotatable bonds is 5. The third-order valence-electron chi connectivity index (χ3n) is 4.98. The predicted octanol–water partition coefficient (Wildman–Crippen LogP) is 1.76. The highest BCUT2D eigenvalue weighted by molar-refractivity contribution is 5.08. The van der Waals surface area contributed by atoms with E-state index in [1.165, 1.54) is 5.56 Å². The van der Waals surface area contributed by atoms with E-state index in [4.69, 9.17) is 9.47 Å². The van der Waals surface area contributed by atoms with Crippen LogP contribution in [0, 0.1) is 0 Å². The van der Waals surface area contributed by atoms with E-state index in [2.05, 4.69) is 27.2 Å². The molecule has 24 heavy (non-hydrogen) atoms. The molecule has 2 aliphatic rings. The van der Waals surface area contributed by atoms with E-state index in [-0.39, 0.29) is 12.2 Å². The van der Waals surface area contributed by atoms with E-state index >= 15 is 0 Å². The molecule has 0 unspecified atom stereocenters. The molecule has 2 aromatic heterocycles. The number of hydrogen-bond donors (Lipinski definition) is 0. The van der Waals surface area contributed by atoms with Crippen LogP contribution in [0.2, 0.25) is 0 Å². The van der Waals surface area contributed by atoms with Gasteiger partial charge in [-0.3, -0.25) is 14.6 Å². The Morgan fingerprint density at radius 2 is 2.25 bits per heavy atom. The van der Waals surface area contributed by atoms with Gasteiger partial charge in [-0.05, 0) is 24.5 Å². The number of fused-ring (bicyclic) bond motifs is 1. The molecule has 6 heteroatoms. The second kappa shape index (κ2) is 7.01. The summed E-state index contributed by atoms with van der Waals surface area (Å²) in [4.78, 5) is 6.67. The Hall–Kier alpha value is -1.76. The van der Waals surface area contributed by atoms with E-state index in [0.29, 0.717) is 12.6 Å². The fourth-order valence-electron chi connectivity index (χ4n) is 3.84. The molecule has 128 valence electrons. The Morgan fingerprint density at radius 3 is 3.04 bits per heavy atom. The van der Waals surface area contributed by atoms with Gasteiger partial charge in [0, 0.05) is 50.3 Å². The maximum absolute atomic E-state index is 6.15. The lowest BCUT2D eigenvalue weighted by Gasteiger charge is -2.38. The maximum atomic E-state index is 6.15. The molecule has 3 atom stereocenters. The molecule has 0 aromatic carbocycles. The smallest absolute Gasteiger partial charge is 0.0992 e. The normalized spacial score (nSPS) is 27.3. The van der Waals surface area contributed by atoms with Gasteiger partial charge >= 0.3 is 0 Å². The molecule has 0 amide bonds. The third kappa shape index (κ3) is 3.36. The Labute approximate surface area is 142 Å².